The van der Waals surface area contributed by atoms with Crippen molar-refractivity contribution in [3.63, 3.8) is 0 Å². The molecule has 3 aromatic heterocycles. The van der Waals surface area contributed by atoms with Crippen LogP contribution in [0, 0.1) is 13.8 Å². The van der Waals surface area contributed by atoms with E-state index in [1.807, 2.05) is 20.0 Å². The average molecular weight is 342 g/mol. The molecule has 0 aliphatic carbocycles. The van der Waals surface area contributed by atoms with Crippen LogP contribution in [0.3, 0.4) is 0 Å². The number of hydrogen-bond donors (Lipinski definition) is 1. The van der Waals surface area contributed by atoms with Crippen LogP contribution >= 0.6 is 11.3 Å². The van der Waals surface area contributed by atoms with Crippen molar-refractivity contribution < 1.29 is 4.79 Å². The smallest absolute Gasteiger partial charge is 0.263 e. The van der Waals surface area contributed by atoms with Gasteiger partial charge in [-0.25, -0.2) is 19.9 Å². The number of nitrogens with one attached hydrogen (secondary N) is 1. The summed E-state index contributed by atoms with van der Waals surface area (Å²) in [5, 5.41) is 3.60. The number of amides is 1. The number of imidazole rings is 1. The first-order valence-corrected chi connectivity index (χ1v) is 8.47. The fraction of sp³-hybridized carbons (Fsp3) is 0.312. The van der Waals surface area contributed by atoms with E-state index in [-0.39, 0.29) is 5.91 Å². The van der Waals surface area contributed by atoms with E-state index in [2.05, 4.69) is 29.8 Å². The van der Waals surface area contributed by atoms with Gasteiger partial charge >= 0.3 is 0 Å². The Balaban J connectivity index is 1.57. The van der Waals surface area contributed by atoms with Crippen LogP contribution in [0.4, 0.5) is 0 Å². The fourth-order valence-corrected chi connectivity index (χ4v) is 3.21. The van der Waals surface area contributed by atoms with Gasteiger partial charge in [-0.1, -0.05) is 0 Å². The molecule has 0 saturated heterocycles. The number of thiazole rings is 1. The van der Waals surface area contributed by atoms with E-state index in [1.54, 1.807) is 24.7 Å². The van der Waals surface area contributed by atoms with Gasteiger partial charge in [0.25, 0.3) is 5.91 Å². The van der Waals surface area contributed by atoms with E-state index in [0.717, 1.165) is 18.8 Å². The van der Waals surface area contributed by atoms with Crippen molar-refractivity contribution in [3.8, 4) is 10.8 Å². The van der Waals surface area contributed by atoms with E-state index in [0.29, 0.717) is 27.9 Å². The zero-order valence-electron chi connectivity index (χ0n) is 13.6. The van der Waals surface area contributed by atoms with Gasteiger partial charge < -0.3 is 9.88 Å². The van der Waals surface area contributed by atoms with Crippen molar-refractivity contribution in [2.45, 2.75) is 26.8 Å². The van der Waals surface area contributed by atoms with Crippen LogP contribution in [-0.4, -0.2) is 37.0 Å². The van der Waals surface area contributed by atoms with Gasteiger partial charge in [-0.3, -0.25) is 4.79 Å². The number of aromatic nitrogens is 5. The minimum atomic E-state index is -0.102. The fourth-order valence-electron chi connectivity index (χ4n) is 2.28. The molecule has 0 unspecified atom stereocenters. The molecule has 0 spiro atoms. The monoisotopic (exact) mass is 342 g/mol. The summed E-state index contributed by atoms with van der Waals surface area (Å²) in [6, 6.07) is 1.75. The highest BCUT2D eigenvalue weighted by atomic mass is 32.1. The molecule has 3 aromatic rings. The number of nitrogens with zero attached hydrogens (tertiary/aromatic N) is 5. The zero-order chi connectivity index (χ0) is 16.9. The van der Waals surface area contributed by atoms with E-state index in [9.17, 15) is 4.79 Å². The molecule has 3 rings (SSSR count). The van der Waals surface area contributed by atoms with Crippen LogP contribution in [0.5, 0.6) is 0 Å². The molecule has 24 heavy (non-hydrogen) atoms. The Bertz CT molecular complexity index is 826. The van der Waals surface area contributed by atoms with E-state index in [4.69, 9.17) is 0 Å². The molecule has 0 fully saturated rings. The van der Waals surface area contributed by atoms with Gasteiger partial charge in [0.1, 0.15) is 10.7 Å². The van der Waals surface area contributed by atoms with E-state index >= 15 is 0 Å². The van der Waals surface area contributed by atoms with Crippen LogP contribution in [0.25, 0.3) is 10.8 Å². The predicted molar refractivity (Wildman–Crippen MR) is 91.8 cm³/mol. The summed E-state index contributed by atoms with van der Waals surface area (Å²) in [6.45, 7) is 5.22. The molecule has 124 valence electrons. The molecular weight excluding hydrogens is 324 g/mol. The normalized spacial score (nSPS) is 10.8. The number of hydrogen-bond acceptors (Lipinski definition) is 6. The summed E-state index contributed by atoms with van der Waals surface area (Å²) in [7, 11) is 0. The van der Waals surface area contributed by atoms with Gasteiger partial charge in [-0.15, -0.1) is 11.3 Å². The lowest BCUT2D eigenvalue weighted by atomic mass is 10.3. The second-order valence-electron chi connectivity index (χ2n) is 5.28. The van der Waals surface area contributed by atoms with Crippen LogP contribution in [0.15, 0.2) is 30.9 Å². The summed E-state index contributed by atoms with van der Waals surface area (Å²) in [5.74, 6) is 1.42. The quantitative estimate of drug-likeness (QED) is 0.694. The molecule has 7 nitrogen and oxygen atoms in total. The Morgan fingerprint density at radius 1 is 1.21 bits per heavy atom. The van der Waals surface area contributed by atoms with Gasteiger partial charge in [0.2, 0.25) is 0 Å². The first-order chi connectivity index (χ1) is 11.6. The number of rotatable bonds is 6. The Labute approximate surface area is 143 Å². The Kier molecular flexibility index (Phi) is 4.95. The SMILES string of the molecule is Cc1nc(-c2ncccn2)sc1C(=O)NCCCn1ccnc1C. The third-order valence-corrected chi connectivity index (χ3v) is 4.70. The molecule has 0 saturated carbocycles. The minimum Gasteiger partial charge on any atom is -0.351 e. The largest absolute Gasteiger partial charge is 0.351 e. The topological polar surface area (TPSA) is 85.6 Å². The maximum absolute atomic E-state index is 12.3. The van der Waals surface area contributed by atoms with Gasteiger partial charge in [0.05, 0.1) is 5.69 Å². The van der Waals surface area contributed by atoms with E-state index < -0.39 is 0 Å². The highest BCUT2D eigenvalue weighted by Crippen LogP contribution is 2.24. The molecule has 0 aliphatic heterocycles. The predicted octanol–water partition coefficient (Wildman–Crippen LogP) is 2.23. The number of carbonyl (C=O) groups excluding carboxylic acids is 1. The van der Waals surface area contributed by atoms with E-state index in [1.165, 1.54) is 11.3 Å². The average Bonchev–Trinajstić information content (AvgIpc) is 3.18. The zero-order valence-corrected chi connectivity index (χ0v) is 14.4. The van der Waals surface area contributed by atoms with Crippen LogP contribution in [-0.2, 0) is 6.54 Å². The lowest BCUT2D eigenvalue weighted by Gasteiger charge is -2.06. The highest BCUT2D eigenvalue weighted by molar-refractivity contribution is 7.17. The molecule has 0 bridgehead atoms. The standard InChI is InChI=1S/C16H18N6OS/c1-11-13(24-16(21-11)14-18-5-3-6-19-14)15(23)20-7-4-9-22-10-8-17-12(22)2/h3,5-6,8,10H,4,7,9H2,1-2H3,(H,20,23). The molecule has 1 amide bonds. The maximum atomic E-state index is 12.3. The summed E-state index contributed by atoms with van der Waals surface area (Å²) < 4.78 is 2.06. The van der Waals surface area contributed by atoms with Gasteiger partial charge in [0, 0.05) is 37.9 Å². The Morgan fingerprint density at radius 2 is 2.00 bits per heavy atom. The van der Waals surface area contributed by atoms with Gasteiger partial charge in [0.15, 0.2) is 10.8 Å². The van der Waals surface area contributed by atoms with Crippen molar-refractivity contribution in [3.05, 3.63) is 47.2 Å². The first kappa shape index (κ1) is 16.3. The molecular formula is C16H18N6OS. The second kappa shape index (κ2) is 7.31. The van der Waals surface area contributed by atoms with Gasteiger partial charge in [-0.05, 0) is 26.3 Å². The minimum absolute atomic E-state index is 0.102. The molecule has 0 atom stereocenters. The van der Waals surface area contributed by atoms with Crippen molar-refractivity contribution in [1.29, 1.82) is 0 Å². The molecule has 3 heterocycles. The van der Waals surface area contributed by atoms with Crippen LogP contribution in [0.2, 0.25) is 0 Å². The lowest BCUT2D eigenvalue weighted by Crippen LogP contribution is -2.25. The van der Waals surface area contributed by atoms with Crippen molar-refractivity contribution >= 4 is 17.2 Å². The lowest BCUT2D eigenvalue weighted by molar-refractivity contribution is 0.0956. The Hall–Kier alpha value is -2.61. The van der Waals surface area contributed by atoms with Crippen molar-refractivity contribution in [2.24, 2.45) is 0 Å². The number of carbonyl (C=O) groups is 1. The van der Waals surface area contributed by atoms with Crippen LogP contribution in [0.1, 0.15) is 27.6 Å². The molecule has 0 aromatic carbocycles. The first-order valence-electron chi connectivity index (χ1n) is 7.66. The summed E-state index contributed by atoms with van der Waals surface area (Å²) >= 11 is 1.32. The summed E-state index contributed by atoms with van der Waals surface area (Å²) in [5.41, 5.74) is 0.699. The summed E-state index contributed by atoms with van der Waals surface area (Å²) in [6.07, 6.45) is 7.89. The number of aryl methyl sites for hydroxylation is 3. The molecule has 0 aliphatic rings. The molecule has 1 N–H and O–H groups in total. The third kappa shape index (κ3) is 3.65. The molecule has 0 radical (unpaired) electrons. The molecule has 8 heteroatoms. The highest BCUT2D eigenvalue weighted by Gasteiger charge is 2.16. The van der Waals surface area contributed by atoms with Crippen molar-refractivity contribution in [2.75, 3.05) is 6.54 Å². The van der Waals surface area contributed by atoms with Gasteiger partial charge in [-0.2, -0.15) is 0 Å². The Morgan fingerprint density at radius 3 is 2.71 bits per heavy atom. The second-order valence-corrected chi connectivity index (χ2v) is 6.28. The van der Waals surface area contributed by atoms with Crippen LogP contribution < -0.4 is 5.32 Å². The summed E-state index contributed by atoms with van der Waals surface area (Å²) in [4.78, 5) is 29.9. The third-order valence-electron chi connectivity index (χ3n) is 3.54. The van der Waals surface area contributed by atoms with Crippen molar-refractivity contribution in [1.82, 2.24) is 29.8 Å². The maximum Gasteiger partial charge on any atom is 0.263 e.